The van der Waals surface area contributed by atoms with Crippen LogP contribution in [-0.2, 0) is 21.1 Å². The predicted molar refractivity (Wildman–Crippen MR) is 213 cm³/mol. The van der Waals surface area contributed by atoms with Crippen molar-refractivity contribution in [2.45, 2.75) is 0 Å². The van der Waals surface area contributed by atoms with Gasteiger partial charge in [0.25, 0.3) is 6.33 Å². The zero-order chi connectivity index (χ0) is 36.3. The standard InChI is InChI=1S/C48H28N4O3.Pt/c1-3-12-32(13-4-1)37-19-10-20-38(33-14-5-2-6-15-33)46(37)51-27-26-50(31-51)35-29-41-39-22-23-43-45(40-18-7-8-21-42(40)54-43)48(39)55-47(41)44(30-35)53-36-17-9-16-34(28-36)52-25-11-24-49-52;/h1-27,29H;/q-2;. The second-order valence-electron chi connectivity index (χ2n) is 13.3. The number of hydrogen-bond donors (Lipinski definition) is 0. The molecule has 4 aromatic heterocycles. The molecule has 270 valence electrons. The summed E-state index contributed by atoms with van der Waals surface area (Å²) in [5.74, 6) is 0.916. The van der Waals surface area contributed by atoms with E-state index in [1.165, 1.54) is 0 Å². The molecular weight excluding hydrogens is 876 g/mol. The molecule has 11 aromatic rings. The van der Waals surface area contributed by atoms with Crippen molar-refractivity contribution in [2.75, 3.05) is 0 Å². The van der Waals surface area contributed by atoms with E-state index in [-0.39, 0.29) is 21.1 Å². The molecule has 0 aliphatic rings. The number of ether oxygens (including phenoxy) is 1. The summed E-state index contributed by atoms with van der Waals surface area (Å²) in [6.07, 6.45) is 11.2. The van der Waals surface area contributed by atoms with Crippen LogP contribution >= 0.6 is 0 Å². The Labute approximate surface area is 335 Å². The summed E-state index contributed by atoms with van der Waals surface area (Å²) in [6.45, 7) is 0. The summed E-state index contributed by atoms with van der Waals surface area (Å²) in [5.41, 5.74) is 9.75. The van der Waals surface area contributed by atoms with Gasteiger partial charge in [-0.2, -0.15) is 11.2 Å². The van der Waals surface area contributed by atoms with Gasteiger partial charge in [0.2, 0.25) is 0 Å². The van der Waals surface area contributed by atoms with Gasteiger partial charge in [-0.15, -0.1) is 30.3 Å². The Morgan fingerprint density at radius 1 is 0.589 bits per heavy atom. The third kappa shape index (κ3) is 5.64. The van der Waals surface area contributed by atoms with Crippen LogP contribution in [0.3, 0.4) is 0 Å². The Morgan fingerprint density at radius 3 is 2.11 bits per heavy atom. The number of para-hydroxylation sites is 2. The van der Waals surface area contributed by atoms with Crippen molar-refractivity contribution in [2.24, 2.45) is 0 Å². The first-order valence-corrected chi connectivity index (χ1v) is 18.0. The molecule has 7 aromatic carbocycles. The molecule has 0 fully saturated rings. The first-order chi connectivity index (χ1) is 27.2. The monoisotopic (exact) mass is 903 g/mol. The van der Waals surface area contributed by atoms with E-state index in [9.17, 15) is 0 Å². The summed E-state index contributed by atoms with van der Waals surface area (Å²) >= 11 is 0. The average molecular weight is 904 g/mol. The molecule has 0 spiro atoms. The van der Waals surface area contributed by atoms with Gasteiger partial charge < -0.3 is 18.1 Å². The molecule has 0 N–H and O–H groups in total. The number of nitrogens with zero attached hydrogens (tertiary/aromatic N) is 4. The molecule has 56 heavy (non-hydrogen) atoms. The second kappa shape index (κ2) is 13.7. The van der Waals surface area contributed by atoms with Crippen LogP contribution in [0, 0.1) is 18.5 Å². The number of aromatic nitrogens is 4. The van der Waals surface area contributed by atoms with Crippen LogP contribution in [0.25, 0.3) is 83.2 Å². The van der Waals surface area contributed by atoms with E-state index in [1.807, 2.05) is 89.9 Å². The Hall–Kier alpha value is -6.95. The zero-order valence-electron chi connectivity index (χ0n) is 29.5. The van der Waals surface area contributed by atoms with E-state index in [2.05, 4.69) is 107 Å². The van der Waals surface area contributed by atoms with Crippen molar-refractivity contribution in [1.29, 1.82) is 0 Å². The van der Waals surface area contributed by atoms with Gasteiger partial charge in [-0.1, -0.05) is 102 Å². The van der Waals surface area contributed by atoms with E-state index in [0.29, 0.717) is 17.1 Å². The van der Waals surface area contributed by atoms with Gasteiger partial charge in [-0.3, -0.25) is 9.25 Å². The van der Waals surface area contributed by atoms with E-state index in [0.717, 1.165) is 77.6 Å². The molecule has 0 bridgehead atoms. The first-order valence-electron chi connectivity index (χ1n) is 18.0. The third-order valence-electron chi connectivity index (χ3n) is 9.97. The third-order valence-corrected chi connectivity index (χ3v) is 9.97. The molecule has 0 amide bonds. The minimum atomic E-state index is 0. The maximum Gasteiger partial charge on any atom is 0.267 e. The van der Waals surface area contributed by atoms with Gasteiger partial charge in [0.05, 0.1) is 22.4 Å². The van der Waals surface area contributed by atoms with Gasteiger partial charge in [0.1, 0.15) is 16.7 Å². The molecule has 0 aliphatic carbocycles. The largest absolute Gasteiger partial charge is 0.511 e. The van der Waals surface area contributed by atoms with Crippen molar-refractivity contribution in [3.05, 3.63) is 189 Å². The molecule has 8 heteroatoms. The number of rotatable bonds is 7. The van der Waals surface area contributed by atoms with Crippen molar-refractivity contribution >= 4 is 43.9 Å². The molecule has 11 rings (SSSR count). The van der Waals surface area contributed by atoms with Crippen molar-refractivity contribution in [3.63, 3.8) is 0 Å². The van der Waals surface area contributed by atoms with Crippen LogP contribution < -0.4 is 9.30 Å². The maximum absolute atomic E-state index is 6.76. The van der Waals surface area contributed by atoms with Gasteiger partial charge >= 0.3 is 0 Å². The number of furan rings is 2. The summed E-state index contributed by atoms with van der Waals surface area (Å²) < 4.78 is 25.4. The number of benzene rings is 7. The van der Waals surface area contributed by atoms with Crippen LogP contribution in [0.1, 0.15) is 0 Å². The SMILES string of the molecule is [Pt].[c-]1c(Oc2[c-]c(-n3[c-][n+](-c4c(-c5ccccc5)cccc4-c4ccccc4)cc3)cc3c2oc2c3ccc3oc4ccccc4c32)cccc1-n1cccn1. The fraction of sp³-hybridized carbons (Fsp3) is 0. The first kappa shape index (κ1) is 33.6. The minimum Gasteiger partial charge on any atom is -0.511 e. The quantitative estimate of drug-likeness (QED) is 0.118. The van der Waals surface area contributed by atoms with Crippen LogP contribution in [0.5, 0.6) is 11.5 Å². The topological polar surface area (TPSA) is 62.1 Å². The summed E-state index contributed by atoms with van der Waals surface area (Å²) in [4.78, 5) is 0. The fourth-order valence-electron chi connectivity index (χ4n) is 7.47. The molecule has 0 unspecified atom stereocenters. The number of hydrogen-bond acceptors (Lipinski definition) is 4. The van der Waals surface area contributed by atoms with E-state index in [1.54, 1.807) is 10.9 Å². The molecule has 7 nitrogen and oxygen atoms in total. The second-order valence-corrected chi connectivity index (χ2v) is 13.3. The van der Waals surface area contributed by atoms with Gasteiger partial charge in [-0.05, 0) is 57.9 Å². The molecule has 4 heterocycles. The van der Waals surface area contributed by atoms with E-state index >= 15 is 0 Å². The van der Waals surface area contributed by atoms with Crippen LogP contribution in [0.2, 0.25) is 0 Å². The van der Waals surface area contributed by atoms with E-state index in [4.69, 9.17) is 13.6 Å². The average Bonchev–Trinajstić information content (AvgIpc) is 4.07. The minimum absolute atomic E-state index is 0. The molecule has 0 saturated carbocycles. The maximum atomic E-state index is 6.76. The Morgan fingerprint density at radius 2 is 1.34 bits per heavy atom. The molecule has 0 saturated heterocycles. The van der Waals surface area contributed by atoms with E-state index < -0.39 is 0 Å². The number of imidazole rings is 1. The fourth-order valence-corrected chi connectivity index (χ4v) is 7.47. The summed E-state index contributed by atoms with van der Waals surface area (Å²) in [6, 6.07) is 56.0. The Bertz CT molecular complexity index is 3120. The summed E-state index contributed by atoms with van der Waals surface area (Å²) in [7, 11) is 0. The Balaban J connectivity index is 0.00000384. The number of fused-ring (bicyclic) bond motifs is 7. The molecule has 0 radical (unpaired) electrons. The van der Waals surface area contributed by atoms with Gasteiger partial charge in [0, 0.05) is 62.4 Å². The molecule has 0 aliphatic heterocycles. The van der Waals surface area contributed by atoms with Crippen LogP contribution in [0.15, 0.2) is 179 Å². The predicted octanol–water partition coefficient (Wildman–Crippen LogP) is 11.3. The molecule has 0 atom stereocenters. The normalized spacial score (nSPS) is 11.4. The summed E-state index contributed by atoms with van der Waals surface area (Å²) in [5, 5.41) is 8.09. The Kier molecular flexibility index (Phi) is 8.23. The van der Waals surface area contributed by atoms with Crippen molar-refractivity contribution in [3.8, 4) is 50.8 Å². The van der Waals surface area contributed by atoms with Crippen LogP contribution in [-0.4, -0.2) is 14.3 Å². The van der Waals surface area contributed by atoms with Crippen LogP contribution in [0.4, 0.5) is 0 Å². The van der Waals surface area contributed by atoms with Crippen molar-refractivity contribution in [1.82, 2.24) is 14.3 Å². The zero-order valence-corrected chi connectivity index (χ0v) is 31.8. The smallest absolute Gasteiger partial charge is 0.267 e. The molecular formula is C48H28N4O3Pt-2. The van der Waals surface area contributed by atoms with Crippen molar-refractivity contribution < 1.29 is 39.2 Å². The van der Waals surface area contributed by atoms with Gasteiger partial charge in [-0.25, -0.2) is 0 Å². The van der Waals surface area contributed by atoms with Gasteiger partial charge in [0.15, 0.2) is 0 Å².